The zero-order valence-corrected chi connectivity index (χ0v) is 9.45. The number of rotatable bonds is 5. The maximum absolute atomic E-state index is 4.23. The molecule has 0 amide bonds. The molecule has 0 aromatic carbocycles. The van der Waals surface area contributed by atoms with Gasteiger partial charge in [0.2, 0.25) is 0 Å². The van der Waals surface area contributed by atoms with Crippen LogP contribution < -0.4 is 5.32 Å². The molecule has 2 heterocycles. The lowest BCUT2D eigenvalue weighted by molar-refractivity contribution is 0.875. The molecule has 0 unspecified atom stereocenters. The Morgan fingerprint density at radius 3 is 2.35 bits per heavy atom. The SMILES string of the molecule is C(=NCc1ccccn1)NCc1ccccn1. The first-order chi connectivity index (χ1) is 8.45. The highest BCUT2D eigenvalue weighted by Gasteiger charge is 1.89. The summed E-state index contributed by atoms with van der Waals surface area (Å²) in [6.45, 7) is 1.28. The lowest BCUT2D eigenvalue weighted by Gasteiger charge is -1.99. The van der Waals surface area contributed by atoms with Crippen LogP contribution in [0.15, 0.2) is 53.8 Å². The highest BCUT2D eigenvalue weighted by molar-refractivity contribution is 5.54. The Bertz CT molecular complexity index is 453. The first kappa shape index (κ1) is 11.3. The van der Waals surface area contributed by atoms with Gasteiger partial charge in [-0.05, 0) is 24.3 Å². The summed E-state index contributed by atoms with van der Waals surface area (Å²) in [4.78, 5) is 12.6. The van der Waals surface area contributed by atoms with Crippen LogP contribution in [-0.4, -0.2) is 16.3 Å². The maximum Gasteiger partial charge on any atom is 0.0831 e. The third-order valence-corrected chi connectivity index (χ3v) is 2.17. The molecule has 0 radical (unpaired) electrons. The van der Waals surface area contributed by atoms with E-state index in [9.17, 15) is 0 Å². The van der Waals surface area contributed by atoms with Crippen molar-refractivity contribution in [1.29, 1.82) is 0 Å². The fraction of sp³-hybridized carbons (Fsp3) is 0.154. The van der Waals surface area contributed by atoms with E-state index in [0.29, 0.717) is 13.1 Å². The smallest absolute Gasteiger partial charge is 0.0831 e. The van der Waals surface area contributed by atoms with Gasteiger partial charge in [0.1, 0.15) is 0 Å². The van der Waals surface area contributed by atoms with Crippen LogP contribution in [0.4, 0.5) is 0 Å². The van der Waals surface area contributed by atoms with Crippen molar-refractivity contribution in [2.75, 3.05) is 0 Å². The Morgan fingerprint density at radius 2 is 1.71 bits per heavy atom. The van der Waals surface area contributed by atoms with Gasteiger partial charge < -0.3 is 5.32 Å². The topological polar surface area (TPSA) is 50.2 Å². The van der Waals surface area contributed by atoms with E-state index < -0.39 is 0 Å². The molecule has 2 aromatic heterocycles. The minimum absolute atomic E-state index is 0.593. The molecule has 17 heavy (non-hydrogen) atoms. The van der Waals surface area contributed by atoms with E-state index in [0.717, 1.165) is 11.4 Å². The van der Waals surface area contributed by atoms with E-state index in [1.54, 1.807) is 18.7 Å². The summed E-state index contributed by atoms with van der Waals surface area (Å²) >= 11 is 0. The normalized spacial score (nSPS) is 10.6. The van der Waals surface area contributed by atoms with Crippen LogP contribution in [-0.2, 0) is 13.1 Å². The second-order valence-electron chi connectivity index (χ2n) is 3.49. The molecule has 0 saturated heterocycles. The van der Waals surface area contributed by atoms with Crippen molar-refractivity contribution in [2.24, 2.45) is 4.99 Å². The van der Waals surface area contributed by atoms with Crippen molar-refractivity contribution in [3.63, 3.8) is 0 Å². The van der Waals surface area contributed by atoms with E-state index in [1.807, 2.05) is 36.4 Å². The number of aromatic nitrogens is 2. The molecule has 1 N–H and O–H groups in total. The monoisotopic (exact) mass is 226 g/mol. The molecule has 0 atom stereocenters. The van der Waals surface area contributed by atoms with E-state index in [4.69, 9.17) is 0 Å². The predicted octanol–water partition coefficient (Wildman–Crippen LogP) is 1.79. The zero-order chi connectivity index (χ0) is 11.8. The Labute approximate surface area is 100 Å². The minimum atomic E-state index is 0.593. The molecule has 0 fully saturated rings. The highest BCUT2D eigenvalue weighted by Crippen LogP contribution is 1.94. The summed E-state index contributed by atoms with van der Waals surface area (Å²) < 4.78 is 0. The van der Waals surface area contributed by atoms with Crippen LogP contribution >= 0.6 is 0 Å². The van der Waals surface area contributed by atoms with Gasteiger partial charge in [0, 0.05) is 12.4 Å². The summed E-state index contributed by atoms with van der Waals surface area (Å²) in [6.07, 6.45) is 5.25. The summed E-state index contributed by atoms with van der Waals surface area (Å²) in [5.74, 6) is 0. The second-order valence-corrected chi connectivity index (χ2v) is 3.49. The zero-order valence-electron chi connectivity index (χ0n) is 9.45. The number of nitrogens with one attached hydrogen (secondary N) is 1. The van der Waals surface area contributed by atoms with Gasteiger partial charge in [0.05, 0.1) is 30.8 Å². The molecule has 4 heteroatoms. The quantitative estimate of drug-likeness (QED) is 0.624. The van der Waals surface area contributed by atoms with Crippen molar-refractivity contribution < 1.29 is 0 Å². The van der Waals surface area contributed by atoms with Crippen molar-refractivity contribution >= 4 is 6.34 Å². The second kappa shape index (κ2) is 6.37. The lowest BCUT2D eigenvalue weighted by Crippen LogP contribution is -2.11. The summed E-state index contributed by atoms with van der Waals surface area (Å²) in [5, 5.41) is 3.09. The Balaban J connectivity index is 1.72. The van der Waals surface area contributed by atoms with Gasteiger partial charge in [-0.25, -0.2) is 0 Å². The number of pyridine rings is 2. The van der Waals surface area contributed by atoms with Crippen molar-refractivity contribution in [1.82, 2.24) is 15.3 Å². The van der Waals surface area contributed by atoms with Crippen molar-refractivity contribution in [3.8, 4) is 0 Å². The molecule has 2 rings (SSSR count). The predicted molar refractivity (Wildman–Crippen MR) is 67.5 cm³/mol. The molecule has 86 valence electrons. The van der Waals surface area contributed by atoms with Crippen LogP contribution in [0.5, 0.6) is 0 Å². The highest BCUT2D eigenvalue weighted by atomic mass is 15.0. The van der Waals surface area contributed by atoms with E-state index in [2.05, 4.69) is 20.3 Å². The van der Waals surface area contributed by atoms with Gasteiger partial charge >= 0.3 is 0 Å². The number of nitrogens with zero attached hydrogens (tertiary/aromatic N) is 3. The third-order valence-electron chi connectivity index (χ3n) is 2.17. The minimum Gasteiger partial charge on any atom is -0.371 e. The molecule has 0 aliphatic heterocycles. The molecule has 0 spiro atoms. The van der Waals surface area contributed by atoms with E-state index in [-0.39, 0.29) is 0 Å². The molecule has 2 aromatic rings. The number of aliphatic imine (C=N–C) groups is 1. The fourth-order valence-electron chi connectivity index (χ4n) is 1.35. The van der Waals surface area contributed by atoms with Crippen LogP contribution in [0.2, 0.25) is 0 Å². The van der Waals surface area contributed by atoms with E-state index >= 15 is 0 Å². The third kappa shape index (κ3) is 4.03. The molecule has 0 saturated carbocycles. The molecule has 0 aliphatic carbocycles. The Kier molecular flexibility index (Phi) is 4.22. The Morgan fingerprint density at radius 1 is 1.00 bits per heavy atom. The van der Waals surface area contributed by atoms with Crippen molar-refractivity contribution in [3.05, 3.63) is 60.2 Å². The fourth-order valence-corrected chi connectivity index (χ4v) is 1.35. The summed E-state index contributed by atoms with van der Waals surface area (Å²) in [7, 11) is 0. The van der Waals surface area contributed by atoms with Gasteiger partial charge in [0.15, 0.2) is 0 Å². The van der Waals surface area contributed by atoms with E-state index in [1.165, 1.54) is 0 Å². The van der Waals surface area contributed by atoms with Crippen LogP contribution in [0, 0.1) is 0 Å². The first-order valence-electron chi connectivity index (χ1n) is 5.46. The standard InChI is InChI=1S/C13H14N4/c1-3-7-16-12(5-1)9-14-11-15-10-13-6-2-4-8-17-13/h1-8,11H,9-10H2,(H,14,15). The number of hydrogen-bond acceptors (Lipinski definition) is 3. The van der Waals surface area contributed by atoms with Crippen LogP contribution in [0.3, 0.4) is 0 Å². The first-order valence-corrected chi connectivity index (χ1v) is 5.46. The number of hydrogen-bond donors (Lipinski definition) is 1. The average Bonchev–Trinajstić information content (AvgIpc) is 2.41. The lowest BCUT2D eigenvalue weighted by atomic mass is 10.3. The largest absolute Gasteiger partial charge is 0.371 e. The molecule has 0 aliphatic rings. The van der Waals surface area contributed by atoms with Crippen LogP contribution in [0.1, 0.15) is 11.4 Å². The average molecular weight is 226 g/mol. The van der Waals surface area contributed by atoms with Gasteiger partial charge in [-0.15, -0.1) is 0 Å². The molecule has 0 bridgehead atoms. The van der Waals surface area contributed by atoms with Crippen molar-refractivity contribution in [2.45, 2.75) is 13.1 Å². The van der Waals surface area contributed by atoms with Gasteiger partial charge in [-0.1, -0.05) is 12.1 Å². The van der Waals surface area contributed by atoms with Gasteiger partial charge in [-0.2, -0.15) is 0 Å². The van der Waals surface area contributed by atoms with Gasteiger partial charge in [-0.3, -0.25) is 15.0 Å². The summed E-state index contributed by atoms with van der Waals surface area (Å²) in [5.41, 5.74) is 1.96. The molecular formula is C13H14N4. The molecular weight excluding hydrogens is 212 g/mol. The Hall–Kier alpha value is -2.23. The maximum atomic E-state index is 4.23. The summed E-state index contributed by atoms with van der Waals surface area (Å²) in [6, 6.07) is 11.6. The van der Waals surface area contributed by atoms with Crippen LogP contribution in [0.25, 0.3) is 0 Å². The molecule has 4 nitrogen and oxygen atoms in total. The van der Waals surface area contributed by atoms with Gasteiger partial charge in [0.25, 0.3) is 0 Å².